The number of esters is 1. The topological polar surface area (TPSA) is 29.5 Å². The molecule has 0 N–H and O–H groups in total. The van der Waals surface area contributed by atoms with Gasteiger partial charge in [-0.2, -0.15) is 0 Å². The van der Waals surface area contributed by atoms with E-state index in [2.05, 4.69) is 37.8 Å². The van der Waals surface area contributed by atoms with Crippen LogP contribution in [0.1, 0.15) is 38.8 Å². The quantitative estimate of drug-likeness (QED) is 0.767. The van der Waals surface area contributed by atoms with Gasteiger partial charge in [-0.15, -0.1) is 0 Å². The van der Waals surface area contributed by atoms with Gasteiger partial charge in [-0.05, 0) is 45.7 Å². The van der Waals surface area contributed by atoms with E-state index >= 15 is 0 Å². The monoisotopic (exact) mass is 261 g/mol. The molecule has 1 aliphatic heterocycles. The number of morpholine rings is 1. The first-order valence-electron chi connectivity index (χ1n) is 6.74. The van der Waals surface area contributed by atoms with E-state index in [0.29, 0.717) is 6.61 Å². The number of hydrogen-bond donors (Lipinski definition) is 0. The Balaban J connectivity index is 2.34. The largest absolute Gasteiger partial charge is 0.462 e. The first kappa shape index (κ1) is 14.1. The van der Waals surface area contributed by atoms with E-state index in [1.54, 1.807) is 0 Å². The number of cyclic esters (lactones) is 1. The molecule has 0 radical (unpaired) electrons. The van der Waals surface area contributed by atoms with Gasteiger partial charge in [0.1, 0.15) is 12.1 Å². The molecule has 0 aromatic heterocycles. The van der Waals surface area contributed by atoms with E-state index in [-0.39, 0.29) is 11.5 Å². The van der Waals surface area contributed by atoms with E-state index in [1.807, 2.05) is 26.0 Å². The van der Waals surface area contributed by atoms with E-state index < -0.39 is 5.54 Å². The van der Waals surface area contributed by atoms with Gasteiger partial charge in [0.2, 0.25) is 0 Å². The molecule has 0 bridgehead atoms. The van der Waals surface area contributed by atoms with Gasteiger partial charge < -0.3 is 4.74 Å². The molecule has 2 rings (SSSR count). The average molecular weight is 261 g/mol. The van der Waals surface area contributed by atoms with Crippen molar-refractivity contribution in [3.05, 3.63) is 35.4 Å². The smallest absolute Gasteiger partial charge is 0.326 e. The summed E-state index contributed by atoms with van der Waals surface area (Å²) in [5, 5.41) is 0. The predicted octanol–water partition coefficient (Wildman–Crippen LogP) is 2.91. The Kier molecular flexibility index (Phi) is 3.43. The minimum Gasteiger partial charge on any atom is -0.462 e. The van der Waals surface area contributed by atoms with Crippen LogP contribution in [0.15, 0.2) is 24.3 Å². The van der Waals surface area contributed by atoms with Crippen molar-refractivity contribution < 1.29 is 9.53 Å². The van der Waals surface area contributed by atoms with Gasteiger partial charge in [0, 0.05) is 6.54 Å². The molecule has 0 aliphatic carbocycles. The summed E-state index contributed by atoms with van der Waals surface area (Å²) >= 11 is 0. The Morgan fingerprint density at radius 2 is 1.84 bits per heavy atom. The van der Waals surface area contributed by atoms with Crippen LogP contribution in [0.25, 0.3) is 0 Å². The SMILES string of the molecule is Cc1ccccc1CN1C(C)(C)COC(=O)C1(C)C. The van der Waals surface area contributed by atoms with Crippen LogP contribution in [0, 0.1) is 6.92 Å². The molecule has 1 aromatic rings. The lowest BCUT2D eigenvalue weighted by molar-refractivity contribution is -0.182. The second-order valence-corrected chi connectivity index (χ2v) is 6.46. The maximum atomic E-state index is 12.0. The highest BCUT2D eigenvalue weighted by atomic mass is 16.5. The predicted molar refractivity (Wildman–Crippen MR) is 75.8 cm³/mol. The van der Waals surface area contributed by atoms with Gasteiger partial charge >= 0.3 is 5.97 Å². The number of benzene rings is 1. The fourth-order valence-electron chi connectivity index (χ4n) is 2.73. The molecule has 0 saturated carbocycles. The van der Waals surface area contributed by atoms with Crippen LogP contribution in [0.4, 0.5) is 0 Å². The van der Waals surface area contributed by atoms with Crippen molar-refractivity contribution in [1.82, 2.24) is 4.90 Å². The summed E-state index contributed by atoms with van der Waals surface area (Å²) in [6.07, 6.45) is 0. The summed E-state index contributed by atoms with van der Waals surface area (Å²) in [7, 11) is 0. The van der Waals surface area contributed by atoms with Gasteiger partial charge in [0.15, 0.2) is 0 Å². The van der Waals surface area contributed by atoms with E-state index in [1.165, 1.54) is 11.1 Å². The van der Waals surface area contributed by atoms with Crippen molar-refractivity contribution >= 4 is 5.97 Å². The molecule has 0 spiro atoms. The number of carbonyl (C=O) groups is 1. The molecular formula is C16H23NO2. The highest BCUT2D eigenvalue weighted by Crippen LogP contribution is 2.33. The number of rotatable bonds is 2. The van der Waals surface area contributed by atoms with Crippen molar-refractivity contribution in [2.45, 2.75) is 52.2 Å². The van der Waals surface area contributed by atoms with Crippen molar-refractivity contribution in [1.29, 1.82) is 0 Å². The zero-order chi connectivity index (χ0) is 14.3. The molecule has 0 unspecified atom stereocenters. The lowest BCUT2D eigenvalue weighted by atomic mass is 9.89. The van der Waals surface area contributed by atoms with Gasteiger partial charge in [0.05, 0.1) is 5.54 Å². The van der Waals surface area contributed by atoms with Crippen LogP contribution < -0.4 is 0 Å². The number of hydrogen-bond acceptors (Lipinski definition) is 3. The minimum absolute atomic E-state index is 0.139. The Morgan fingerprint density at radius 1 is 1.21 bits per heavy atom. The van der Waals surface area contributed by atoms with Crippen molar-refractivity contribution in [3.63, 3.8) is 0 Å². The Morgan fingerprint density at radius 3 is 2.47 bits per heavy atom. The third-order valence-corrected chi connectivity index (χ3v) is 4.05. The molecule has 1 saturated heterocycles. The molecule has 1 aliphatic rings. The van der Waals surface area contributed by atoms with Crippen LogP contribution >= 0.6 is 0 Å². The standard InChI is InChI=1S/C16H23NO2/c1-12-8-6-7-9-13(12)10-17-15(2,3)11-19-14(18)16(17,4)5/h6-9H,10-11H2,1-5H3. The third kappa shape index (κ3) is 2.52. The average Bonchev–Trinajstić information content (AvgIpc) is 2.33. The van der Waals surface area contributed by atoms with E-state index in [4.69, 9.17) is 4.74 Å². The highest BCUT2D eigenvalue weighted by molar-refractivity contribution is 5.80. The number of carbonyl (C=O) groups excluding carboxylic acids is 1. The molecular weight excluding hydrogens is 238 g/mol. The fraction of sp³-hybridized carbons (Fsp3) is 0.562. The molecule has 1 heterocycles. The van der Waals surface area contributed by atoms with Crippen molar-refractivity contribution in [3.8, 4) is 0 Å². The number of nitrogens with zero attached hydrogens (tertiary/aromatic N) is 1. The zero-order valence-corrected chi connectivity index (χ0v) is 12.5. The second kappa shape index (κ2) is 4.64. The molecule has 0 atom stereocenters. The normalized spacial score (nSPS) is 22.1. The molecule has 3 nitrogen and oxygen atoms in total. The van der Waals surface area contributed by atoms with E-state index in [0.717, 1.165) is 6.54 Å². The first-order valence-corrected chi connectivity index (χ1v) is 6.74. The molecule has 0 amide bonds. The minimum atomic E-state index is -0.593. The maximum absolute atomic E-state index is 12.0. The summed E-state index contributed by atoms with van der Waals surface area (Å²) < 4.78 is 5.33. The highest BCUT2D eigenvalue weighted by Gasteiger charge is 2.48. The van der Waals surface area contributed by atoms with Gasteiger partial charge in [-0.3, -0.25) is 9.69 Å². The third-order valence-electron chi connectivity index (χ3n) is 4.05. The maximum Gasteiger partial charge on any atom is 0.326 e. The lowest BCUT2D eigenvalue weighted by Gasteiger charge is -2.50. The van der Waals surface area contributed by atoms with Gasteiger partial charge in [0.25, 0.3) is 0 Å². The van der Waals surface area contributed by atoms with Crippen LogP contribution in [-0.4, -0.2) is 28.6 Å². The molecule has 19 heavy (non-hydrogen) atoms. The number of ether oxygens (including phenoxy) is 1. The number of aryl methyl sites for hydroxylation is 1. The van der Waals surface area contributed by atoms with Crippen LogP contribution in [0.5, 0.6) is 0 Å². The zero-order valence-electron chi connectivity index (χ0n) is 12.5. The Bertz CT molecular complexity index is 491. The van der Waals surface area contributed by atoms with Gasteiger partial charge in [-0.1, -0.05) is 24.3 Å². The first-order chi connectivity index (χ1) is 8.75. The van der Waals surface area contributed by atoms with Crippen LogP contribution in [-0.2, 0) is 16.1 Å². The summed E-state index contributed by atoms with van der Waals surface area (Å²) in [4.78, 5) is 14.3. The van der Waals surface area contributed by atoms with Crippen LogP contribution in [0.3, 0.4) is 0 Å². The fourth-order valence-corrected chi connectivity index (χ4v) is 2.73. The van der Waals surface area contributed by atoms with Crippen LogP contribution in [0.2, 0.25) is 0 Å². The van der Waals surface area contributed by atoms with E-state index in [9.17, 15) is 4.79 Å². The molecule has 1 fully saturated rings. The summed E-state index contributed by atoms with van der Waals surface area (Å²) in [6, 6.07) is 8.32. The molecule has 3 heteroatoms. The summed E-state index contributed by atoms with van der Waals surface area (Å²) in [5.74, 6) is -0.139. The Hall–Kier alpha value is -1.35. The second-order valence-electron chi connectivity index (χ2n) is 6.46. The van der Waals surface area contributed by atoms with Crippen molar-refractivity contribution in [2.75, 3.05) is 6.61 Å². The van der Waals surface area contributed by atoms with Crippen molar-refractivity contribution in [2.24, 2.45) is 0 Å². The summed E-state index contributed by atoms with van der Waals surface area (Å²) in [5.41, 5.74) is 1.77. The van der Waals surface area contributed by atoms with Gasteiger partial charge in [-0.25, -0.2) is 0 Å². The molecule has 104 valence electrons. The Labute approximate surface area is 115 Å². The molecule has 1 aromatic carbocycles. The summed E-state index contributed by atoms with van der Waals surface area (Å²) in [6.45, 7) is 11.4. The lowest BCUT2D eigenvalue weighted by Crippen LogP contribution is -2.65.